The molecule has 0 bridgehead atoms. The molecule has 2 aromatic rings. The van der Waals surface area contributed by atoms with Gasteiger partial charge in [0.05, 0.1) is 5.69 Å². The second kappa shape index (κ2) is 4.81. The van der Waals surface area contributed by atoms with Crippen LogP contribution in [0.1, 0.15) is 16.1 Å². The number of amides is 1. The minimum absolute atomic E-state index is 0.233. The molecular weight excluding hydrogens is 296 g/mol. The van der Waals surface area contributed by atoms with Gasteiger partial charge in [-0.2, -0.15) is 0 Å². The third kappa shape index (κ3) is 2.53. The van der Waals surface area contributed by atoms with Crippen molar-refractivity contribution in [3.63, 3.8) is 0 Å². The lowest BCUT2D eigenvalue weighted by atomic mass is 10.3. The topological polar surface area (TPSA) is 72.9 Å². The van der Waals surface area contributed by atoms with E-state index in [1.54, 1.807) is 36.1 Å². The number of aromatic nitrogens is 2. The molecule has 0 unspecified atom stereocenters. The van der Waals surface area contributed by atoms with E-state index in [1.807, 2.05) is 6.92 Å². The largest absolute Gasteiger partial charge is 0.397 e. The maximum Gasteiger partial charge on any atom is 0.273 e. The van der Waals surface area contributed by atoms with Crippen molar-refractivity contribution in [2.75, 3.05) is 11.1 Å². The normalized spacial score (nSPS) is 10.4. The fraction of sp³-hybridized carbons (Fsp3) is 0.167. The van der Waals surface area contributed by atoms with Crippen LogP contribution in [0.25, 0.3) is 0 Å². The summed E-state index contributed by atoms with van der Waals surface area (Å²) < 4.78 is 2.58. The Labute approximate surface area is 113 Å². The highest BCUT2D eigenvalue weighted by Gasteiger charge is 2.11. The van der Waals surface area contributed by atoms with E-state index in [2.05, 4.69) is 26.2 Å². The van der Waals surface area contributed by atoms with Gasteiger partial charge in [0.25, 0.3) is 5.91 Å². The van der Waals surface area contributed by atoms with Crippen LogP contribution in [0, 0.1) is 6.92 Å². The average Bonchev–Trinajstić information content (AvgIpc) is 2.63. The number of hydrogen-bond donors (Lipinski definition) is 2. The molecule has 6 heteroatoms. The first-order valence-corrected chi connectivity index (χ1v) is 6.12. The Morgan fingerprint density at radius 1 is 1.50 bits per heavy atom. The zero-order valence-electron chi connectivity index (χ0n) is 10.1. The Balaban J connectivity index is 2.21. The highest BCUT2D eigenvalue weighted by Crippen LogP contribution is 2.18. The molecule has 0 aromatic carbocycles. The first kappa shape index (κ1) is 12.6. The fourth-order valence-electron chi connectivity index (χ4n) is 1.60. The summed E-state index contributed by atoms with van der Waals surface area (Å²) in [7, 11) is 1.77. The molecule has 1 amide bonds. The summed E-state index contributed by atoms with van der Waals surface area (Å²) in [6.07, 6.45) is 3.35. The van der Waals surface area contributed by atoms with Gasteiger partial charge in [-0.1, -0.05) is 0 Å². The molecule has 94 valence electrons. The third-order valence-electron chi connectivity index (χ3n) is 2.55. The molecule has 5 nitrogen and oxygen atoms in total. The monoisotopic (exact) mass is 308 g/mol. The van der Waals surface area contributed by atoms with Gasteiger partial charge in [0.1, 0.15) is 11.5 Å². The summed E-state index contributed by atoms with van der Waals surface area (Å²) in [4.78, 5) is 16.1. The van der Waals surface area contributed by atoms with Crippen LogP contribution < -0.4 is 11.1 Å². The number of nitrogen functional groups attached to an aromatic ring is 1. The number of halogens is 1. The first-order valence-electron chi connectivity index (χ1n) is 5.32. The minimum Gasteiger partial charge on any atom is -0.397 e. The number of rotatable bonds is 2. The van der Waals surface area contributed by atoms with Gasteiger partial charge in [0, 0.05) is 23.9 Å². The number of nitrogens with zero attached hydrogens (tertiary/aromatic N) is 2. The number of carbonyl (C=O) groups excluding carboxylic acids is 1. The van der Waals surface area contributed by atoms with Crippen molar-refractivity contribution in [2.45, 2.75) is 6.92 Å². The van der Waals surface area contributed by atoms with Crippen LogP contribution in [0.4, 0.5) is 11.5 Å². The fourth-order valence-corrected chi connectivity index (χ4v) is 1.82. The Bertz CT molecular complexity index is 606. The molecule has 0 aliphatic carbocycles. The van der Waals surface area contributed by atoms with Crippen LogP contribution in [-0.4, -0.2) is 15.5 Å². The highest BCUT2D eigenvalue weighted by atomic mass is 79.9. The van der Waals surface area contributed by atoms with Crippen LogP contribution in [-0.2, 0) is 7.05 Å². The van der Waals surface area contributed by atoms with Crippen molar-refractivity contribution >= 4 is 33.3 Å². The molecule has 18 heavy (non-hydrogen) atoms. The van der Waals surface area contributed by atoms with Crippen molar-refractivity contribution in [2.24, 2.45) is 7.05 Å². The van der Waals surface area contributed by atoms with Crippen molar-refractivity contribution in [3.8, 4) is 0 Å². The quantitative estimate of drug-likeness (QED) is 0.894. The Kier molecular flexibility index (Phi) is 3.38. The summed E-state index contributed by atoms with van der Waals surface area (Å²) in [5, 5.41) is 2.73. The smallest absolute Gasteiger partial charge is 0.273 e. The lowest BCUT2D eigenvalue weighted by Crippen LogP contribution is -2.16. The van der Waals surface area contributed by atoms with Gasteiger partial charge in [-0.25, -0.2) is 4.98 Å². The lowest BCUT2D eigenvalue weighted by molar-refractivity contribution is 0.101. The molecule has 0 aliphatic heterocycles. The van der Waals surface area contributed by atoms with Crippen molar-refractivity contribution in [1.29, 1.82) is 0 Å². The molecule has 2 rings (SSSR count). The van der Waals surface area contributed by atoms with Crippen molar-refractivity contribution < 1.29 is 4.79 Å². The molecule has 0 fully saturated rings. The van der Waals surface area contributed by atoms with Gasteiger partial charge >= 0.3 is 0 Å². The first-order chi connectivity index (χ1) is 8.47. The molecule has 2 aromatic heterocycles. The predicted molar refractivity (Wildman–Crippen MR) is 74.5 cm³/mol. The van der Waals surface area contributed by atoms with Gasteiger partial charge in [-0.15, -0.1) is 0 Å². The molecular formula is C12H13BrN4O. The van der Waals surface area contributed by atoms with Gasteiger partial charge in [0.2, 0.25) is 0 Å². The number of nitrogens with one attached hydrogen (secondary N) is 1. The highest BCUT2D eigenvalue weighted by molar-refractivity contribution is 9.10. The van der Waals surface area contributed by atoms with Gasteiger partial charge < -0.3 is 15.6 Å². The molecule has 0 spiro atoms. The Hall–Kier alpha value is -1.82. The second-order valence-corrected chi connectivity index (χ2v) is 4.90. The standard InChI is InChI=1S/C12H13BrN4O/c1-7-3-11(15-5-9(7)13)16-12(18)10-4-8(14)6-17(10)2/h3-6H,14H2,1-2H3,(H,15,16,18). The number of anilines is 2. The van der Waals surface area contributed by atoms with Gasteiger partial charge in [0.15, 0.2) is 0 Å². The number of carbonyl (C=O) groups is 1. The van der Waals surface area contributed by atoms with Crippen molar-refractivity contribution in [3.05, 3.63) is 40.3 Å². The number of aryl methyl sites for hydroxylation is 2. The summed E-state index contributed by atoms with van der Waals surface area (Å²) in [5.74, 6) is 0.281. The maximum absolute atomic E-state index is 12.0. The predicted octanol–water partition coefficient (Wildman–Crippen LogP) is 2.33. The molecule has 3 N–H and O–H groups in total. The summed E-state index contributed by atoms with van der Waals surface area (Å²) >= 11 is 3.36. The van der Waals surface area contributed by atoms with Gasteiger partial charge in [-0.3, -0.25) is 4.79 Å². The average molecular weight is 309 g/mol. The summed E-state index contributed by atoms with van der Waals surface area (Å²) in [6.45, 7) is 1.93. The zero-order chi connectivity index (χ0) is 13.3. The van der Waals surface area contributed by atoms with Crippen LogP contribution in [0.2, 0.25) is 0 Å². The number of pyridine rings is 1. The third-order valence-corrected chi connectivity index (χ3v) is 3.38. The summed E-state index contributed by atoms with van der Waals surface area (Å²) in [5.41, 5.74) is 7.69. The van der Waals surface area contributed by atoms with Gasteiger partial charge in [-0.05, 0) is 40.5 Å². The van der Waals surface area contributed by atoms with E-state index in [9.17, 15) is 4.79 Å². The van der Waals surface area contributed by atoms with Crippen LogP contribution >= 0.6 is 15.9 Å². The van der Waals surface area contributed by atoms with E-state index in [4.69, 9.17) is 5.73 Å². The lowest BCUT2D eigenvalue weighted by Gasteiger charge is -2.06. The number of hydrogen-bond acceptors (Lipinski definition) is 3. The molecule has 0 atom stereocenters. The van der Waals surface area contributed by atoms with Crippen molar-refractivity contribution in [1.82, 2.24) is 9.55 Å². The Morgan fingerprint density at radius 3 is 2.78 bits per heavy atom. The van der Waals surface area contributed by atoms with Crippen LogP contribution in [0.15, 0.2) is 29.0 Å². The van der Waals surface area contributed by atoms with E-state index in [-0.39, 0.29) is 5.91 Å². The van der Waals surface area contributed by atoms with E-state index in [0.717, 1.165) is 10.0 Å². The molecule has 2 heterocycles. The van der Waals surface area contributed by atoms with Crippen LogP contribution in [0.5, 0.6) is 0 Å². The van der Waals surface area contributed by atoms with E-state index < -0.39 is 0 Å². The SMILES string of the molecule is Cc1cc(NC(=O)c2cc(N)cn2C)ncc1Br. The maximum atomic E-state index is 12.0. The molecule has 0 saturated heterocycles. The zero-order valence-corrected chi connectivity index (χ0v) is 11.7. The minimum atomic E-state index is -0.233. The van der Waals surface area contributed by atoms with E-state index in [0.29, 0.717) is 17.2 Å². The summed E-state index contributed by atoms with van der Waals surface area (Å²) in [6, 6.07) is 3.43. The van der Waals surface area contributed by atoms with E-state index >= 15 is 0 Å². The molecule has 0 aliphatic rings. The number of nitrogens with two attached hydrogens (primary N) is 1. The Morgan fingerprint density at radius 2 is 2.22 bits per heavy atom. The molecule has 0 radical (unpaired) electrons. The molecule has 0 saturated carbocycles. The van der Waals surface area contributed by atoms with E-state index in [1.165, 1.54) is 0 Å². The second-order valence-electron chi connectivity index (χ2n) is 4.04. The van der Waals surface area contributed by atoms with Crippen LogP contribution in [0.3, 0.4) is 0 Å².